The summed E-state index contributed by atoms with van der Waals surface area (Å²) < 4.78 is 2.02. The number of Topliss-reactive ketones (excluding diaryl/α,β-unsaturated/α-hetero) is 1. The van der Waals surface area contributed by atoms with Crippen molar-refractivity contribution in [2.24, 2.45) is 7.05 Å². The molecule has 78 valence electrons. The number of carbonyl (C=O) groups is 1. The molecule has 15 heavy (non-hydrogen) atoms. The van der Waals surface area contributed by atoms with Gasteiger partial charge in [0.05, 0.1) is 11.0 Å². The number of hydrogen-bond acceptors (Lipinski definition) is 2. The van der Waals surface area contributed by atoms with Gasteiger partial charge in [0.15, 0.2) is 5.78 Å². The van der Waals surface area contributed by atoms with Crippen LogP contribution in [0.25, 0.3) is 11.0 Å². The number of imidazole rings is 1. The van der Waals surface area contributed by atoms with Gasteiger partial charge in [0.1, 0.15) is 5.82 Å². The number of fused-ring (bicyclic) bond motifs is 1. The molecule has 3 nitrogen and oxygen atoms in total. The maximum atomic E-state index is 11.5. The smallest absolute Gasteiger partial charge is 0.162 e. The van der Waals surface area contributed by atoms with Crippen LogP contribution in [0.4, 0.5) is 0 Å². The third-order valence-electron chi connectivity index (χ3n) is 2.75. The second-order valence-electron chi connectivity index (χ2n) is 3.70. The number of aryl methyl sites for hydroxylation is 2. The SMILES string of the molecule is CCC(=O)c1ccc2c(c1)nc(C)n2C. The summed E-state index contributed by atoms with van der Waals surface area (Å²) in [5, 5.41) is 0. The van der Waals surface area contributed by atoms with E-state index in [0.717, 1.165) is 22.4 Å². The van der Waals surface area contributed by atoms with E-state index >= 15 is 0 Å². The number of carbonyl (C=O) groups excluding carboxylic acids is 1. The van der Waals surface area contributed by atoms with Crippen molar-refractivity contribution in [3.05, 3.63) is 29.6 Å². The van der Waals surface area contributed by atoms with Crippen molar-refractivity contribution < 1.29 is 4.79 Å². The molecule has 2 aromatic rings. The molecule has 3 heteroatoms. The van der Waals surface area contributed by atoms with Crippen LogP contribution in [0.3, 0.4) is 0 Å². The van der Waals surface area contributed by atoms with Crippen LogP contribution in [-0.2, 0) is 7.05 Å². The van der Waals surface area contributed by atoms with Gasteiger partial charge in [-0.15, -0.1) is 0 Å². The Labute approximate surface area is 88.7 Å². The highest BCUT2D eigenvalue weighted by molar-refractivity contribution is 5.98. The Morgan fingerprint density at radius 1 is 1.47 bits per heavy atom. The normalized spacial score (nSPS) is 10.9. The summed E-state index contributed by atoms with van der Waals surface area (Å²) >= 11 is 0. The van der Waals surface area contributed by atoms with Crippen molar-refractivity contribution >= 4 is 16.8 Å². The number of nitrogens with zero attached hydrogens (tertiary/aromatic N) is 2. The van der Waals surface area contributed by atoms with Crippen LogP contribution in [0, 0.1) is 6.92 Å². The first kappa shape index (κ1) is 9.90. The number of hydrogen-bond donors (Lipinski definition) is 0. The summed E-state index contributed by atoms with van der Waals surface area (Å²) in [5.41, 5.74) is 2.72. The van der Waals surface area contributed by atoms with Gasteiger partial charge in [0, 0.05) is 19.0 Å². The van der Waals surface area contributed by atoms with Gasteiger partial charge in [0.25, 0.3) is 0 Å². The number of aromatic nitrogens is 2. The highest BCUT2D eigenvalue weighted by Gasteiger charge is 2.08. The standard InChI is InChI=1S/C12H14N2O/c1-4-12(15)9-5-6-11-10(7-9)13-8(2)14(11)3/h5-7H,4H2,1-3H3. The summed E-state index contributed by atoms with van der Waals surface area (Å²) in [5.74, 6) is 1.13. The van der Waals surface area contributed by atoms with Gasteiger partial charge in [0.2, 0.25) is 0 Å². The van der Waals surface area contributed by atoms with Gasteiger partial charge >= 0.3 is 0 Å². The van der Waals surface area contributed by atoms with Crippen molar-refractivity contribution in [2.45, 2.75) is 20.3 Å². The lowest BCUT2D eigenvalue weighted by Crippen LogP contribution is -1.96. The van der Waals surface area contributed by atoms with Crippen molar-refractivity contribution in [1.29, 1.82) is 0 Å². The fourth-order valence-corrected chi connectivity index (χ4v) is 1.70. The van der Waals surface area contributed by atoms with Crippen LogP contribution in [0.1, 0.15) is 29.5 Å². The minimum absolute atomic E-state index is 0.167. The molecule has 0 N–H and O–H groups in total. The molecule has 2 rings (SSSR count). The Balaban J connectivity index is 2.62. The second-order valence-corrected chi connectivity index (χ2v) is 3.70. The van der Waals surface area contributed by atoms with E-state index in [1.807, 2.05) is 43.7 Å². The van der Waals surface area contributed by atoms with Crippen LogP contribution in [0.2, 0.25) is 0 Å². The fourth-order valence-electron chi connectivity index (χ4n) is 1.70. The van der Waals surface area contributed by atoms with Crippen molar-refractivity contribution in [3.8, 4) is 0 Å². The van der Waals surface area contributed by atoms with E-state index in [-0.39, 0.29) is 5.78 Å². The van der Waals surface area contributed by atoms with E-state index < -0.39 is 0 Å². The predicted octanol–water partition coefficient (Wildman–Crippen LogP) is 2.47. The molecule has 0 saturated heterocycles. The third kappa shape index (κ3) is 1.54. The van der Waals surface area contributed by atoms with Crippen LogP contribution in [-0.4, -0.2) is 15.3 Å². The summed E-state index contributed by atoms with van der Waals surface area (Å²) in [4.78, 5) is 15.9. The summed E-state index contributed by atoms with van der Waals surface area (Å²) in [6.45, 7) is 3.83. The first-order valence-electron chi connectivity index (χ1n) is 5.09. The van der Waals surface area contributed by atoms with E-state index in [1.54, 1.807) is 0 Å². The molecule has 1 aromatic carbocycles. The lowest BCUT2D eigenvalue weighted by Gasteiger charge is -1.98. The minimum Gasteiger partial charge on any atom is -0.331 e. The molecule has 0 amide bonds. The number of ketones is 1. The summed E-state index contributed by atoms with van der Waals surface area (Å²) in [6, 6.07) is 5.70. The van der Waals surface area contributed by atoms with E-state index in [9.17, 15) is 4.79 Å². The monoisotopic (exact) mass is 202 g/mol. The van der Waals surface area contributed by atoms with Gasteiger partial charge < -0.3 is 4.57 Å². The van der Waals surface area contributed by atoms with Crippen LogP contribution in [0.15, 0.2) is 18.2 Å². The predicted molar refractivity (Wildman–Crippen MR) is 60.1 cm³/mol. The minimum atomic E-state index is 0.167. The van der Waals surface area contributed by atoms with E-state index in [0.29, 0.717) is 6.42 Å². The first-order chi connectivity index (χ1) is 7.13. The maximum absolute atomic E-state index is 11.5. The molecule has 0 unspecified atom stereocenters. The van der Waals surface area contributed by atoms with Gasteiger partial charge in [-0.2, -0.15) is 0 Å². The lowest BCUT2D eigenvalue weighted by molar-refractivity contribution is 0.0988. The van der Waals surface area contributed by atoms with Crippen LogP contribution >= 0.6 is 0 Å². The van der Waals surface area contributed by atoms with E-state index in [1.165, 1.54) is 0 Å². The molecule has 0 bridgehead atoms. The average molecular weight is 202 g/mol. The number of rotatable bonds is 2. The van der Waals surface area contributed by atoms with Crippen LogP contribution in [0.5, 0.6) is 0 Å². The lowest BCUT2D eigenvalue weighted by atomic mass is 10.1. The van der Waals surface area contributed by atoms with E-state index in [2.05, 4.69) is 4.98 Å². The third-order valence-corrected chi connectivity index (χ3v) is 2.75. The molecule has 1 aromatic heterocycles. The topological polar surface area (TPSA) is 34.9 Å². The zero-order chi connectivity index (χ0) is 11.0. The largest absolute Gasteiger partial charge is 0.331 e. The zero-order valence-corrected chi connectivity index (χ0v) is 9.24. The Kier molecular flexibility index (Phi) is 2.31. The molecule has 1 heterocycles. The second kappa shape index (κ2) is 3.50. The molecule has 0 saturated carbocycles. The molecular weight excluding hydrogens is 188 g/mol. The summed E-state index contributed by atoms with van der Waals surface area (Å²) in [7, 11) is 1.98. The molecule has 0 aliphatic carbocycles. The van der Waals surface area contributed by atoms with Gasteiger partial charge in [-0.3, -0.25) is 4.79 Å². The van der Waals surface area contributed by atoms with Crippen molar-refractivity contribution in [3.63, 3.8) is 0 Å². The maximum Gasteiger partial charge on any atom is 0.162 e. The Morgan fingerprint density at radius 3 is 2.87 bits per heavy atom. The highest BCUT2D eigenvalue weighted by Crippen LogP contribution is 2.17. The Morgan fingerprint density at radius 2 is 2.20 bits per heavy atom. The van der Waals surface area contributed by atoms with Gasteiger partial charge in [-0.1, -0.05) is 6.92 Å². The molecule has 0 spiro atoms. The molecule has 0 radical (unpaired) electrons. The Hall–Kier alpha value is -1.64. The molecule has 0 aliphatic heterocycles. The van der Waals surface area contributed by atoms with Crippen molar-refractivity contribution in [2.75, 3.05) is 0 Å². The molecular formula is C12H14N2O. The highest BCUT2D eigenvalue weighted by atomic mass is 16.1. The first-order valence-corrected chi connectivity index (χ1v) is 5.09. The molecule has 0 aliphatic rings. The van der Waals surface area contributed by atoms with Gasteiger partial charge in [-0.25, -0.2) is 4.98 Å². The fraction of sp³-hybridized carbons (Fsp3) is 0.333. The van der Waals surface area contributed by atoms with Crippen molar-refractivity contribution in [1.82, 2.24) is 9.55 Å². The number of benzene rings is 1. The Bertz CT molecular complexity index is 526. The zero-order valence-electron chi connectivity index (χ0n) is 9.24. The molecule has 0 atom stereocenters. The average Bonchev–Trinajstić information content (AvgIpc) is 2.53. The molecule has 0 fully saturated rings. The summed E-state index contributed by atoms with van der Waals surface area (Å²) in [6.07, 6.45) is 0.539. The van der Waals surface area contributed by atoms with E-state index in [4.69, 9.17) is 0 Å². The van der Waals surface area contributed by atoms with Gasteiger partial charge in [-0.05, 0) is 25.1 Å². The van der Waals surface area contributed by atoms with Crippen LogP contribution < -0.4 is 0 Å². The quantitative estimate of drug-likeness (QED) is 0.701.